The van der Waals surface area contributed by atoms with Gasteiger partial charge in [0, 0.05) is 15.6 Å². The molecule has 0 fully saturated rings. The van der Waals surface area contributed by atoms with E-state index >= 15 is 0 Å². The van der Waals surface area contributed by atoms with E-state index in [1.807, 2.05) is 66.7 Å². The summed E-state index contributed by atoms with van der Waals surface area (Å²) in [6.45, 7) is 0. The van der Waals surface area contributed by atoms with Gasteiger partial charge in [-0.25, -0.2) is 4.79 Å². The Hall–Kier alpha value is -2.67. The van der Waals surface area contributed by atoms with Crippen LogP contribution in [0.5, 0.6) is 0 Å². The van der Waals surface area contributed by atoms with Crippen LogP contribution in [0.1, 0.15) is 15.9 Å². The average molecular weight is 471 g/mol. The lowest BCUT2D eigenvalue weighted by molar-refractivity contribution is -0.139. The number of halogens is 1. The number of aliphatic carboxylic acids is 1. The van der Waals surface area contributed by atoms with Gasteiger partial charge in [-0.3, -0.25) is 4.79 Å². The van der Waals surface area contributed by atoms with E-state index in [9.17, 15) is 14.7 Å². The van der Waals surface area contributed by atoms with Gasteiger partial charge in [0.1, 0.15) is 6.04 Å². The molecule has 0 saturated carbocycles. The molecule has 3 aromatic carbocycles. The molecule has 0 saturated heterocycles. The molecule has 1 atom stereocenters. The van der Waals surface area contributed by atoms with Crippen molar-refractivity contribution >= 4 is 34.5 Å². The molecule has 3 aromatic rings. The van der Waals surface area contributed by atoms with E-state index in [-0.39, 0.29) is 6.42 Å². The maximum Gasteiger partial charge on any atom is 0.326 e. The van der Waals surface area contributed by atoms with Crippen molar-refractivity contribution in [1.29, 1.82) is 0 Å². The maximum absolute atomic E-state index is 12.5. The molecule has 27 heavy (non-hydrogen) atoms. The van der Waals surface area contributed by atoms with Crippen molar-refractivity contribution in [3.8, 4) is 11.1 Å². The monoisotopic (exact) mass is 471 g/mol. The molecule has 1 amide bonds. The Labute approximate surface area is 171 Å². The van der Waals surface area contributed by atoms with Crippen LogP contribution in [0.25, 0.3) is 11.1 Å². The summed E-state index contributed by atoms with van der Waals surface area (Å²) in [6.07, 6.45) is 0.236. The van der Waals surface area contributed by atoms with Crippen LogP contribution in [0, 0.1) is 3.57 Å². The van der Waals surface area contributed by atoms with Gasteiger partial charge in [-0.2, -0.15) is 0 Å². The Kier molecular flexibility index (Phi) is 6.24. The van der Waals surface area contributed by atoms with Gasteiger partial charge in [-0.05, 0) is 63.5 Å². The fraction of sp³-hybridized carbons (Fsp3) is 0.0909. The van der Waals surface area contributed by atoms with Crippen molar-refractivity contribution in [2.24, 2.45) is 0 Å². The fourth-order valence-corrected chi connectivity index (χ4v) is 3.39. The van der Waals surface area contributed by atoms with E-state index in [1.54, 1.807) is 12.1 Å². The zero-order valence-electron chi connectivity index (χ0n) is 14.4. The molecular formula is C22H18INO3. The van der Waals surface area contributed by atoms with Crippen molar-refractivity contribution in [2.45, 2.75) is 12.5 Å². The van der Waals surface area contributed by atoms with Crippen molar-refractivity contribution in [1.82, 2.24) is 5.32 Å². The standard InChI is InChI=1S/C22H18INO3/c23-19-8-4-5-15(13-19)14-20(22(26)27)24-21(25)18-11-9-17(10-12-18)16-6-2-1-3-7-16/h1-13,20H,14H2,(H,24,25)(H,26,27)/t20-/m0/s1. The van der Waals surface area contributed by atoms with Crippen LogP contribution in [-0.2, 0) is 11.2 Å². The predicted octanol–water partition coefficient (Wildman–Crippen LogP) is 4.38. The number of carboxylic acids is 1. The fourth-order valence-electron chi connectivity index (χ4n) is 2.79. The molecule has 0 aliphatic heterocycles. The zero-order valence-corrected chi connectivity index (χ0v) is 16.6. The van der Waals surface area contributed by atoms with Gasteiger partial charge >= 0.3 is 5.97 Å². The summed E-state index contributed by atoms with van der Waals surface area (Å²) in [6, 6.07) is 23.6. The molecule has 0 unspecified atom stereocenters. The highest BCUT2D eigenvalue weighted by Gasteiger charge is 2.21. The van der Waals surface area contributed by atoms with E-state index in [1.165, 1.54) is 0 Å². The Balaban J connectivity index is 1.71. The third-order valence-corrected chi connectivity index (χ3v) is 4.86. The number of carboxylic acid groups (broad SMARTS) is 1. The normalized spacial score (nSPS) is 11.6. The van der Waals surface area contributed by atoms with E-state index in [2.05, 4.69) is 27.9 Å². The van der Waals surface area contributed by atoms with Crippen LogP contribution >= 0.6 is 22.6 Å². The summed E-state index contributed by atoms with van der Waals surface area (Å²) in [5.74, 6) is -1.45. The van der Waals surface area contributed by atoms with Crippen LogP contribution in [0.3, 0.4) is 0 Å². The summed E-state index contributed by atoms with van der Waals surface area (Å²) in [5, 5.41) is 12.1. The molecule has 3 rings (SSSR count). The minimum absolute atomic E-state index is 0.236. The van der Waals surface area contributed by atoms with Crippen LogP contribution in [-0.4, -0.2) is 23.0 Å². The Morgan fingerprint density at radius 1 is 0.889 bits per heavy atom. The van der Waals surface area contributed by atoms with E-state index in [4.69, 9.17) is 0 Å². The first-order chi connectivity index (χ1) is 13.0. The molecule has 0 aliphatic rings. The molecule has 0 aromatic heterocycles. The molecule has 0 heterocycles. The van der Waals surface area contributed by atoms with Crippen LogP contribution in [0.15, 0.2) is 78.9 Å². The first kappa shape index (κ1) is 19.1. The van der Waals surface area contributed by atoms with Gasteiger partial charge < -0.3 is 10.4 Å². The van der Waals surface area contributed by atoms with Gasteiger partial charge in [0.15, 0.2) is 0 Å². The van der Waals surface area contributed by atoms with Gasteiger partial charge in [0.05, 0.1) is 0 Å². The highest BCUT2D eigenvalue weighted by Crippen LogP contribution is 2.19. The van der Waals surface area contributed by atoms with Crippen molar-refractivity contribution in [2.75, 3.05) is 0 Å². The molecule has 0 spiro atoms. The van der Waals surface area contributed by atoms with E-state index in [0.717, 1.165) is 20.3 Å². The van der Waals surface area contributed by atoms with Gasteiger partial charge in [-0.15, -0.1) is 0 Å². The second-order valence-corrected chi connectivity index (χ2v) is 7.39. The van der Waals surface area contributed by atoms with Crippen molar-refractivity contribution < 1.29 is 14.7 Å². The smallest absolute Gasteiger partial charge is 0.326 e. The number of hydrogen-bond acceptors (Lipinski definition) is 2. The van der Waals surface area contributed by atoms with Gasteiger partial charge in [-0.1, -0.05) is 54.6 Å². The topological polar surface area (TPSA) is 66.4 Å². The van der Waals surface area contributed by atoms with Crippen LogP contribution < -0.4 is 5.32 Å². The Bertz CT molecular complexity index is 939. The van der Waals surface area contributed by atoms with E-state index in [0.29, 0.717) is 5.56 Å². The Morgan fingerprint density at radius 2 is 1.56 bits per heavy atom. The summed E-state index contributed by atoms with van der Waals surface area (Å²) in [4.78, 5) is 24.1. The Morgan fingerprint density at radius 3 is 2.19 bits per heavy atom. The zero-order chi connectivity index (χ0) is 19.2. The lowest BCUT2D eigenvalue weighted by Gasteiger charge is -2.15. The molecule has 0 bridgehead atoms. The summed E-state index contributed by atoms with van der Waals surface area (Å²) < 4.78 is 1.03. The third kappa shape index (κ3) is 5.17. The summed E-state index contributed by atoms with van der Waals surface area (Å²) >= 11 is 2.18. The van der Waals surface area contributed by atoms with Crippen LogP contribution in [0.4, 0.5) is 0 Å². The summed E-state index contributed by atoms with van der Waals surface area (Å²) in [5.41, 5.74) is 3.37. The highest BCUT2D eigenvalue weighted by atomic mass is 127. The number of nitrogens with one attached hydrogen (secondary N) is 1. The highest BCUT2D eigenvalue weighted by molar-refractivity contribution is 14.1. The van der Waals surface area contributed by atoms with Crippen molar-refractivity contribution in [3.63, 3.8) is 0 Å². The number of amides is 1. The molecule has 0 aliphatic carbocycles. The lowest BCUT2D eigenvalue weighted by Crippen LogP contribution is -2.42. The number of benzene rings is 3. The van der Waals surface area contributed by atoms with Crippen molar-refractivity contribution in [3.05, 3.63) is 93.6 Å². The lowest BCUT2D eigenvalue weighted by atomic mass is 10.0. The number of hydrogen-bond donors (Lipinski definition) is 2. The number of carbonyl (C=O) groups is 2. The summed E-state index contributed by atoms with van der Waals surface area (Å²) in [7, 11) is 0. The first-order valence-corrected chi connectivity index (χ1v) is 9.54. The first-order valence-electron chi connectivity index (χ1n) is 8.46. The molecule has 4 nitrogen and oxygen atoms in total. The average Bonchev–Trinajstić information content (AvgIpc) is 2.68. The molecule has 2 N–H and O–H groups in total. The number of rotatable bonds is 6. The van der Waals surface area contributed by atoms with Crippen LogP contribution in [0.2, 0.25) is 0 Å². The minimum atomic E-state index is -1.05. The molecule has 5 heteroatoms. The second-order valence-electron chi connectivity index (χ2n) is 6.14. The number of carbonyl (C=O) groups excluding carboxylic acids is 1. The minimum Gasteiger partial charge on any atom is -0.480 e. The largest absolute Gasteiger partial charge is 0.480 e. The molecular weight excluding hydrogens is 453 g/mol. The van der Waals surface area contributed by atoms with Gasteiger partial charge in [0.2, 0.25) is 0 Å². The molecule has 0 radical (unpaired) electrons. The second kappa shape index (κ2) is 8.81. The maximum atomic E-state index is 12.5. The van der Waals surface area contributed by atoms with Gasteiger partial charge in [0.25, 0.3) is 5.91 Å². The van der Waals surface area contributed by atoms with E-state index < -0.39 is 17.9 Å². The third-order valence-electron chi connectivity index (χ3n) is 4.19. The molecule has 136 valence electrons. The quantitative estimate of drug-likeness (QED) is 0.525. The predicted molar refractivity (Wildman–Crippen MR) is 114 cm³/mol. The SMILES string of the molecule is O=C(N[C@@H](Cc1cccc(I)c1)C(=O)O)c1ccc(-c2ccccc2)cc1.